The number of hydrogen-bond acceptors (Lipinski definition) is 3. The van der Waals surface area contributed by atoms with E-state index >= 15 is 0 Å². The first kappa shape index (κ1) is 19.1. The lowest BCUT2D eigenvalue weighted by atomic mass is 10.1. The molecule has 0 bridgehead atoms. The highest BCUT2D eigenvalue weighted by Gasteiger charge is 2.08. The Hall–Kier alpha value is -3.21. The number of rotatable bonds is 5. The molecule has 2 amide bonds. The molecule has 0 aliphatic heterocycles. The number of hydrogen-bond donors (Lipinski definition) is 2. The lowest BCUT2D eigenvalue weighted by Crippen LogP contribution is -2.16. The molecule has 0 saturated carbocycles. The van der Waals surface area contributed by atoms with E-state index in [-0.39, 0.29) is 23.2 Å². The predicted molar refractivity (Wildman–Crippen MR) is 103 cm³/mol. The molecule has 5 heteroatoms. The van der Waals surface area contributed by atoms with Gasteiger partial charge in [0.25, 0.3) is 5.91 Å². The van der Waals surface area contributed by atoms with Crippen molar-refractivity contribution in [2.24, 2.45) is 0 Å². The van der Waals surface area contributed by atoms with Crippen molar-refractivity contribution in [2.75, 3.05) is 10.6 Å². The highest BCUT2D eigenvalue weighted by Crippen LogP contribution is 2.15. The fourth-order valence-corrected chi connectivity index (χ4v) is 2.28. The summed E-state index contributed by atoms with van der Waals surface area (Å²) in [6.45, 7) is 7.02. The topological polar surface area (TPSA) is 75.3 Å². The van der Waals surface area contributed by atoms with Crippen molar-refractivity contribution in [1.82, 2.24) is 0 Å². The van der Waals surface area contributed by atoms with Gasteiger partial charge in [0.05, 0.1) is 0 Å². The summed E-state index contributed by atoms with van der Waals surface area (Å²) >= 11 is 0. The van der Waals surface area contributed by atoms with Gasteiger partial charge in [-0.1, -0.05) is 6.07 Å². The van der Waals surface area contributed by atoms with E-state index in [1.165, 1.54) is 13.0 Å². The number of carbonyl (C=O) groups is 3. The van der Waals surface area contributed by atoms with Crippen LogP contribution in [0.4, 0.5) is 11.4 Å². The molecule has 0 aromatic heterocycles. The average Bonchev–Trinajstić information content (AvgIpc) is 2.58. The molecule has 0 aliphatic rings. The number of Topliss-reactive ketones (excluding diaryl/α,β-unsaturated/α-hetero) is 1. The number of amides is 2. The largest absolute Gasteiger partial charge is 0.322 e. The smallest absolute Gasteiger partial charge is 0.251 e. The monoisotopic (exact) mass is 350 g/mol. The van der Waals surface area contributed by atoms with Crippen molar-refractivity contribution in [3.05, 3.63) is 70.8 Å². The molecule has 0 fully saturated rings. The number of anilines is 2. The average molecular weight is 350 g/mol. The summed E-state index contributed by atoms with van der Waals surface area (Å²) in [7, 11) is 0. The van der Waals surface area contributed by atoms with Crippen LogP contribution in [0.15, 0.2) is 54.1 Å². The molecule has 0 heterocycles. The molecule has 0 unspecified atom stereocenters. The molecular weight excluding hydrogens is 328 g/mol. The Morgan fingerprint density at radius 2 is 1.42 bits per heavy atom. The number of aryl methyl sites for hydroxylation is 2. The minimum absolute atomic E-state index is 0.0398. The van der Waals surface area contributed by atoms with Gasteiger partial charge in [0.1, 0.15) is 0 Å². The Morgan fingerprint density at radius 3 is 2.00 bits per heavy atom. The maximum absolute atomic E-state index is 12.2. The lowest BCUT2D eigenvalue weighted by molar-refractivity contribution is -0.114. The third-order valence-corrected chi connectivity index (χ3v) is 4.03. The van der Waals surface area contributed by atoms with Gasteiger partial charge < -0.3 is 10.6 Å². The van der Waals surface area contributed by atoms with Crippen molar-refractivity contribution in [1.29, 1.82) is 0 Å². The van der Waals surface area contributed by atoms with E-state index in [1.807, 2.05) is 32.0 Å². The highest BCUT2D eigenvalue weighted by molar-refractivity contribution is 6.10. The van der Waals surface area contributed by atoms with Crippen LogP contribution in [-0.2, 0) is 9.59 Å². The van der Waals surface area contributed by atoms with Crippen LogP contribution >= 0.6 is 0 Å². The Labute approximate surface area is 153 Å². The molecule has 2 N–H and O–H groups in total. The predicted octanol–water partition coefficient (Wildman–Crippen LogP) is 4.03. The normalized spacial score (nSPS) is 11.0. The van der Waals surface area contributed by atoms with Crippen molar-refractivity contribution in [3.8, 4) is 0 Å². The molecule has 134 valence electrons. The summed E-state index contributed by atoms with van der Waals surface area (Å²) in [6.07, 6.45) is 1.26. The van der Waals surface area contributed by atoms with Gasteiger partial charge in [0.15, 0.2) is 5.78 Å². The van der Waals surface area contributed by atoms with E-state index in [4.69, 9.17) is 0 Å². The maximum Gasteiger partial charge on any atom is 0.251 e. The zero-order chi connectivity index (χ0) is 19.3. The van der Waals surface area contributed by atoms with E-state index in [9.17, 15) is 14.4 Å². The second kappa shape index (κ2) is 8.25. The van der Waals surface area contributed by atoms with Crippen molar-refractivity contribution >= 4 is 29.0 Å². The summed E-state index contributed by atoms with van der Waals surface area (Å²) in [5.74, 6) is -0.786. The first-order valence-corrected chi connectivity index (χ1v) is 8.25. The molecule has 2 aromatic carbocycles. The third kappa shape index (κ3) is 5.14. The highest BCUT2D eigenvalue weighted by atomic mass is 16.2. The molecule has 0 radical (unpaired) electrons. The number of nitrogens with one attached hydrogen (secondary N) is 2. The molecule has 0 aliphatic carbocycles. The van der Waals surface area contributed by atoms with E-state index in [0.717, 1.165) is 11.1 Å². The second-order valence-electron chi connectivity index (χ2n) is 6.20. The Bertz CT molecular complexity index is 881. The fraction of sp³-hybridized carbons (Fsp3) is 0.190. The minimum Gasteiger partial charge on any atom is -0.322 e. The van der Waals surface area contributed by atoms with Gasteiger partial charge in [-0.15, -0.1) is 0 Å². The van der Waals surface area contributed by atoms with Crippen molar-refractivity contribution in [3.63, 3.8) is 0 Å². The Balaban J connectivity index is 2.00. The van der Waals surface area contributed by atoms with E-state index < -0.39 is 0 Å². The van der Waals surface area contributed by atoms with Crippen LogP contribution < -0.4 is 10.6 Å². The number of carbonyl (C=O) groups excluding carboxylic acids is 3. The van der Waals surface area contributed by atoms with Crippen LogP contribution in [0.1, 0.15) is 35.3 Å². The quantitative estimate of drug-likeness (QED) is 0.631. The zero-order valence-electron chi connectivity index (χ0n) is 15.3. The van der Waals surface area contributed by atoms with Gasteiger partial charge in [-0.25, -0.2) is 0 Å². The summed E-state index contributed by atoms with van der Waals surface area (Å²) < 4.78 is 0. The summed E-state index contributed by atoms with van der Waals surface area (Å²) in [5.41, 5.74) is 4.31. The molecule has 0 atom stereocenters. The van der Waals surface area contributed by atoms with E-state index in [2.05, 4.69) is 10.6 Å². The van der Waals surface area contributed by atoms with Gasteiger partial charge >= 0.3 is 0 Å². The molecule has 0 saturated heterocycles. The summed E-state index contributed by atoms with van der Waals surface area (Å²) in [4.78, 5) is 35.5. The molecule has 2 rings (SSSR count). The van der Waals surface area contributed by atoms with Crippen LogP contribution in [0.3, 0.4) is 0 Å². The third-order valence-electron chi connectivity index (χ3n) is 4.03. The van der Waals surface area contributed by atoms with Crippen LogP contribution in [0.2, 0.25) is 0 Å². The van der Waals surface area contributed by atoms with Crippen LogP contribution in [0.25, 0.3) is 0 Å². The van der Waals surface area contributed by atoms with Crippen molar-refractivity contribution in [2.45, 2.75) is 27.7 Å². The SMILES string of the molecule is CC(=O)c1ccc(NC(=O)/C(C)=C\C(=O)Nc2ccc(C)c(C)c2)cc1. The van der Waals surface area contributed by atoms with Crippen molar-refractivity contribution < 1.29 is 14.4 Å². The first-order valence-electron chi connectivity index (χ1n) is 8.25. The van der Waals surface area contributed by atoms with Crippen LogP contribution in [0.5, 0.6) is 0 Å². The van der Waals surface area contributed by atoms with E-state index in [0.29, 0.717) is 16.9 Å². The second-order valence-corrected chi connectivity index (χ2v) is 6.20. The lowest BCUT2D eigenvalue weighted by Gasteiger charge is -2.08. The summed E-state index contributed by atoms with van der Waals surface area (Å²) in [5, 5.41) is 5.44. The van der Waals surface area contributed by atoms with Gasteiger partial charge in [-0.05, 0) is 75.2 Å². The number of ketones is 1. The Kier molecular flexibility index (Phi) is 6.07. The first-order chi connectivity index (χ1) is 12.3. The van der Waals surface area contributed by atoms with E-state index in [1.54, 1.807) is 31.2 Å². The number of benzene rings is 2. The molecule has 0 spiro atoms. The molecular formula is C21H22N2O3. The fourth-order valence-electron chi connectivity index (χ4n) is 2.28. The van der Waals surface area contributed by atoms with Gasteiger partial charge in [-0.3, -0.25) is 14.4 Å². The van der Waals surface area contributed by atoms with Gasteiger partial charge in [0.2, 0.25) is 5.91 Å². The maximum atomic E-state index is 12.2. The molecule has 26 heavy (non-hydrogen) atoms. The minimum atomic E-state index is -0.379. The van der Waals surface area contributed by atoms with Crippen LogP contribution in [-0.4, -0.2) is 17.6 Å². The zero-order valence-corrected chi connectivity index (χ0v) is 15.3. The standard InChI is InChI=1S/C21H22N2O3/c1-13-5-8-19(11-14(13)2)22-20(25)12-15(3)21(26)23-18-9-6-17(7-10-18)16(4)24/h5-12H,1-4H3,(H,22,25)(H,23,26)/b15-12-. The molecule has 5 nitrogen and oxygen atoms in total. The summed E-state index contributed by atoms with van der Waals surface area (Å²) in [6, 6.07) is 12.2. The molecule has 2 aromatic rings. The van der Waals surface area contributed by atoms with Gasteiger partial charge in [-0.2, -0.15) is 0 Å². The van der Waals surface area contributed by atoms with Gasteiger partial charge in [0, 0.05) is 28.6 Å². The Morgan fingerprint density at radius 1 is 0.808 bits per heavy atom. The van der Waals surface area contributed by atoms with Crippen LogP contribution in [0, 0.1) is 13.8 Å².